The van der Waals surface area contributed by atoms with E-state index in [0.717, 1.165) is 23.4 Å². The average molecular weight is 278 g/mol. The molecule has 0 fully saturated rings. The first-order valence-electron chi connectivity index (χ1n) is 6.52. The number of aromatic nitrogens is 3. The third kappa shape index (κ3) is 4.11. The van der Waals surface area contributed by atoms with E-state index in [1.165, 1.54) is 12.1 Å². The van der Waals surface area contributed by atoms with E-state index in [0.29, 0.717) is 19.7 Å². The van der Waals surface area contributed by atoms with Crippen LogP contribution in [0.2, 0.25) is 0 Å². The van der Waals surface area contributed by atoms with Crippen molar-refractivity contribution in [3.63, 3.8) is 0 Å². The molecular weight excluding hydrogens is 259 g/mol. The number of hydrogen-bond donors (Lipinski definition) is 1. The third-order valence-corrected chi connectivity index (χ3v) is 3.01. The van der Waals surface area contributed by atoms with Gasteiger partial charge in [-0.3, -0.25) is 0 Å². The number of aryl methyl sites for hydroxylation is 1. The van der Waals surface area contributed by atoms with E-state index in [1.54, 1.807) is 17.9 Å². The lowest BCUT2D eigenvalue weighted by molar-refractivity contribution is 0.199. The lowest BCUT2D eigenvalue weighted by Crippen LogP contribution is -2.18. The van der Waals surface area contributed by atoms with Crippen LogP contribution in [0.4, 0.5) is 4.39 Å². The predicted molar refractivity (Wildman–Crippen MR) is 73.8 cm³/mol. The van der Waals surface area contributed by atoms with Crippen molar-refractivity contribution >= 4 is 0 Å². The highest BCUT2D eigenvalue weighted by molar-refractivity contribution is 5.26. The van der Waals surface area contributed by atoms with Gasteiger partial charge in [0.2, 0.25) is 0 Å². The average Bonchev–Trinajstić information content (AvgIpc) is 2.86. The zero-order chi connectivity index (χ0) is 14.4. The molecular formula is C14H19FN4O. The lowest BCUT2D eigenvalue weighted by atomic mass is 10.1. The number of hydrogen-bond acceptors (Lipinski definition) is 4. The second-order valence-electron chi connectivity index (χ2n) is 4.65. The fourth-order valence-corrected chi connectivity index (χ4v) is 1.90. The van der Waals surface area contributed by atoms with Gasteiger partial charge in [0.15, 0.2) is 0 Å². The van der Waals surface area contributed by atoms with Crippen molar-refractivity contribution in [2.75, 3.05) is 20.3 Å². The van der Waals surface area contributed by atoms with E-state index in [1.807, 2.05) is 13.1 Å². The second kappa shape index (κ2) is 7.12. The standard InChI is InChI=1S/C14H19FN4O/c1-11-7-13(15)4-3-12(11)9-19-10-14(17-18-19)8-16-5-6-20-2/h3-4,7,10,16H,5-6,8-9H2,1-2H3. The van der Waals surface area contributed by atoms with E-state index >= 15 is 0 Å². The molecule has 2 aromatic rings. The zero-order valence-corrected chi connectivity index (χ0v) is 11.8. The van der Waals surface area contributed by atoms with Crippen LogP contribution in [0.25, 0.3) is 0 Å². The summed E-state index contributed by atoms with van der Waals surface area (Å²) in [5.74, 6) is -0.215. The highest BCUT2D eigenvalue weighted by Crippen LogP contribution is 2.11. The second-order valence-corrected chi connectivity index (χ2v) is 4.65. The van der Waals surface area contributed by atoms with E-state index in [4.69, 9.17) is 4.74 Å². The molecule has 1 aromatic heterocycles. The SMILES string of the molecule is COCCNCc1cn(Cc2ccc(F)cc2C)nn1. The maximum Gasteiger partial charge on any atom is 0.123 e. The van der Waals surface area contributed by atoms with E-state index in [9.17, 15) is 4.39 Å². The van der Waals surface area contributed by atoms with Crippen molar-refractivity contribution in [3.05, 3.63) is 47.0 Å². The molecule has 0 bridgehead atoms. The van der Waals surface area contributed by atoms with E-state index < -0.39 is 0 Å². The molecule has 0 saturated carbocycles. The monoisotopic (exact) mass is 278 g/mol. The van der Waals surface area contributed by atoms with Gasteiger partial charge in [0.1, 0.15) is 5.82 Å². The molecule has 0 aliphatic carbocycles. The molecule has 0 unspecified atom stereocenters. The Bertz CT molecular complexity index is 556. The summed E-state index contributed by atoms with van der Waals surface area (Å²) < 4.78 is 19.7. The number of benzene rings is 1. The highest BCUT2D eigenvalue weighted by Gasteiger charge is 2.04. The topological polar surface area (TPSA) is 52.0 Å². The fourth-order valence-electron chi connectivity index (χ4n) is 1.90. The fraction of sp³-hybridized carbons (Fsp3) is 0.429. The van der Waals surface area contributed by atoms with Crippen molar-refractivity contribution < 1.29 is 9.13 Å². The molecule has 1 heterocycles. The molecule has 0 aliphatic heterocycles. The summed E-state index contributed by atoms with van der Waals surface area (Å²) in [7, 11) is 1.67. The molecule has 0 aliphatic rings. The number of halogens is 1. The number of nitrogens with one attached hydrogen (secondary N) is 1. The Morgan fingerprint density at radius 1 is 1.40 bits per heavy atom. The molecule has 6 heteroatoms. The Morgan fingerprint density at radius 2 is 2.25 bits per heavy atom. The molecule has 5 nitrogen and oxygen atoms in total. The largest absolute Gasteiger partial charge is 0.383 e. The molecule has 1 aromatic carbocycles. The number of rotatable bonds is 7. The van der Waals surface area contributed by atoms with Crippen LogP contribution < -0.4 is 5.32 Å². The molecule has 0 amide bonds. The first-order valence-corrected chi connectivity index (χ1v) is 6.52. The minimum Gasteiger partial charge on any atom is -0.383 e. The van der Waals surface area contributed by atoms with Gasteiger partial charge < -0.3 is 10.1 Å². The Kier molecular flexibility index (Phi) is 5.20. The summed E-state index contributed by atoms with van der Waals surface area (Å²) in [6.45, 7) is 4.59. The van der Waals surface area contributed by atoms with Crippen LogP contribution in [-0.4, -0.2) is 35.3 Å². The van der Waals surface area contributed by atoms with Gasteiger partial charge in [-0.2, -0.15) is 0 Å². The summed E-state index contributed by atoms with van der Waals surface area (Å²) >= 11 is 0. The van der Waals surface area contributed by atoms with Crippen molar-refractivity contribution in [2.45, 2.75) is 20.0 Å². The van der Waals surface area contributed by atoms with Crippen molar-refractivity contribution in [3.8, 4) is 0 Å². The quantitative estimate of drug-likeness (QED) is 0.780. The van der Waals surface area contributed by atoms with Gasteiger partial charge in [0.25, 0.3) is 0 Å². The van der Waals surface area contributed by atoms with Crippen LogP contribution >= 0.6 is 0 Å². The highest BCUT2D eigenvalue weighted by atomic mass is 19.1. The first kappa shape index (κ1) is 14.6. The summed E-state index contributed by atoms with van der Waals surface area (Å²) in [6.07, 6.45) is 1.89. The molecule has 0 radical (unpaired) electrons. The Hall–Kier alpha value is -1.79. The minimum absolute atomic E-state index is 0.215. The molecule has 108 valence electrons. The maximum absolute atomic E-state index is 13.0. The molecule has 0 spiro atoms. The normalized spacial score (nSPS) is 10.9. The van der Waals surface area contributed by atoms with Crippen LogP contribution in [0.1, 0.15) is 16.8 Å². The van der Waals surface area contributed by atoms with Gasteiger partial charge in [0, 0.05) is 20.2 Å². The van der Waals surface area contributed by atoms with Crippen molar-refractivity contribution in [1.82, 2.24) is 20.3 Å². The summed E-state index contributed by atoms with van der Waals surface area (Å²) in [5.41, 5.74) is 2.83. The number of methoxy groups -OCH3 is 1. The number of nitrogens with zero attached hydrogens (tertiary/aromatic N) is 3. The molecule has 2 rings (SSSR count). The summed E-state index contributed by atoms with van der Waals surface area (Å²) in [4.78, 5) is 0. The van der Waals surface area contributed by atoms with Crippen LogP contribution in [-0.2, 0) is 17.8 Å². The van der Waals surface area contributed by atoms with E-state index in [2.05, 4.69) is 15.6 Å². The third-order valence-electron chi connectivity index (χ3n) is 3.01. The van der Waals surface area contributed by atoms with Gasteiger partial charge in [-0.1, -0.05) is 11.3 Å². The first-order chi connectivity index (χ1) is 9.69. The molecule has 0 atom stereocenters. The molecule has 1 N–H and O–H groups in total. The Morgan fingerprint density at radius 3 is 3.00 bits per heavy atom. The Balaban J connectivity index is 1.92. The Labute approximate surface area is 117 Å². The van der Waals surface area contributed by atoms with Gasteiger partial charge in [-0.15, -0.1) is 5.10 Å². The van der Waals surface area contributed by atoms with Crippen LogP contribution in [0, 0.1) is 12.7 Å². The summed E-state index contributed by atoms with van der Waals surface area (Å²) in [6, 6.07) is 4.77. The maximum atomic E-state index is 13.0. The number of ether oxygens (including phenoxy) is 1. The zero-order valence-electron chi connectivity index (χ0n) is 11.8. The van der Waals surface area contributed by atoms with Crippen LogP contribution in [0.15, 0.2) is 24.4 Å². The van der Waals surface area contributed by atoms with E-state index in [-0.39, 0.29) is 5.82 Å². The smallest absolute Gasteiger partial charge is 0.123 e. The lowest BCUT2D eigenvalue weighted by Gasteiger charge is -2.05. The van der Waals surface area contributed by atoms with Crippen LogP contribution in [0.3, 0.4) is 0 Å². The van der Waals surface area contributed by atoms with Gasteiger partial charge in [-0.25, -0.2) is 9.07 Å². The van der Waals surface area contributed by atoms with Crippen LogP contribution in [0.5, 0.6) is 0 Å². The molecule has 20 heavy (non-hydrogen) atoms. The predicted octanol–water partition coefficient (Wildman–Crippen LogP) is 1.51. The molecule has 0 saturated heterocycles. The van der Waals surface area contributed by atoms with Crippen molar-refractivity contribution in [2.24, 2.45) is 0 Å². The summed E-state index contributed by atoms with van der Waals surface area (Å²) in [5, 5.41) is 11.4. The van der Waals surface area contributed by atoms with Gasteiger partial charge in [0.05, 0.1) is 25.0 Å². The van der Waals surface area contributed by atoms with Gasteiger partial charge >= 0.3 is 0 Å². The van der Waals surface area contributed by atoms with Gasteiger partial charge in [-0.05, 0) is 30.2 Å². The van der Waals surface area contributed by atoms with Crippen molar-refractivity contribution in [1.29, 1.82) is 0 Å². The minimum atomic E-state index is -0.215.